The minimum atomic E-state index is 0.0882. The molecule has 4 nitrogen and oxygen atoms in total. The zero-order valence-electron chi connectivity index (χ0n) is 13.8. The summed E-state index contributed by atoms with van der Waals surface area (Å²) in [6.07, 6.45) is 6.89. The highest BCUT2D eigenvalue weighted by molar-refractivity contribution is 5.95. The molecule has 1 aromatic carbocycles. The van der Waals surface area contributed by atoms with Crippen LogP contribution < -0.4 is 9.47 Å². The molecule has 1 aliphatic rings. The first-order valence-corrected chi connectivity index (χ1v) is 8.36. The molecule has 2 rings (SSSR count). The Bertz CT molecular complexity index is 481. The molecule has 0 spiro atoms. The van der Waals surface area contributed by atoms with Crippen LogP contribution in [0.2, 0.25) is 0 Å². The first-order valence-electron chi connectivity index (χ1n) is 8.36. The van der Waals surface area contributed by atoms with Crippen molar-refractivity contribution in [3.05, 3.63) is 23.8 Å². The zero-order valence-corrected chi connectivity index (χ0v) is 13.8. The lowest BCUT2D eigenvalue weighted by molar-refractivity contribution is 0.0792. The predicted molar refractivity (Wildman–Crippen MR) is 87.8 cm³/mol. The van der Waals surface area contributed by atoms with Gasteiger partial charge in [0.25, 0.3) is 5.91 Å². The fourth-order valence-electron chi connectivity index (χ4n) is 2.73. The van der Waals surface area contributed by atoms with Crippen LogP contribution in [-0.2, 0) is 0 Å². The second kappa shape index (κ2) is 8.66. The number of carbonyl (C=O) groups is 1. The highest BCUT2D eigenvalue weighted by Gasteiger charge is 2.20. The fraction of sp³-hybridized carbons (Fsp3) is 0.611. The van der Waals surface area contributed by atoms with E-state index < -0.39 is 0 Å². The van der Waals surface area contributed by atoms with Gasteiger partial charge in [0.2, 0.25) is 0 Å². The number of amides is 1. The number of likely N-dealkylation sites (tertiary alicyclic amines) is 1. The summed E-state index contributed by atoms with van der Waals surface area (Å²) in [5, 5.41) is 0. The number of nitrogens with zero attached hydrogens (tertiary/aromatic N) is 1. The fourth-order valence-corrected chi connectivity index (χ4v) is 2.73. The molecular weight excluding hydrogens is 278 g/mol. The smallest absolute Gasteiger partial charge is 0.253 e. The van der Waals surface area contributed by atoms with Crippen molar-refractivity contribution in [2.45, 2.75) is 45.4 Å². The summed E-state index contributed by atoms with van der Waals surface area (Å²) in [7, 11) is 1.61. The Balaban J connectivity index is 1.96. The molecule has 1 aliphatic heterocycles. The molecule has 0 aliphatic carbocycles. The van der Waals surface area contributed by atoms with Gasteiger partial charge in [0, 0.05) is 18.7 Å². The van der Waals surface area contributed by atoms with Crippen molar-refractivity contribution in [1.29, 1.82) is 0 Å². The number of benzene rings is 1. The van der Waals surface area contributed by atoms with Crippen molar-refractivity contribution in [2.24, 2.45) is 0 Å². The molecule has 0 N–H and O–H groups in total. The monoisotopic (exact) mass is 305 g/mol. The van der Waals surface area contributed by atoms with Crippen LogP contribution in [0.1, 0.15) is 55.8 Å². The normalized spacial score (nSPS) is 14.2. The summed E-state index contributed by atoms with van der Waals surface area (Å²) >= 11 is 0. The van der Waals surface area contributed by atoms with Gasteiger partial charge in [-0.2, -0.15) is 0 Å². The second-order valence-corrected chi connectivity index (χ2v) is 5.77. The first-order chi connectivity index (χ1) is 10.8. The van der Waals surface area contributed by atoms with Crippen molar-refractivity contribution in [1.82, 2.24) is 4.90 Å². The van der Waals surface area contributed by atoms with Crippen molar-refractivity contribution in [2.75, 3.05) is 26.8 Å². The summed E-state index contributed by atoms with van der Waals surface area (Å²) in [5.41, 5.74) is 0.678. The van der Waals surface area contributed by atoms with E-state index in [-0.39, 0.29) is 5.91 Å². The van der Waals surface area contributed by atoms with E-state index >= 15 is 0 Å². The van der Waals surface area contributed by atoms with Crippen LogP contribution in [0, 0.1) is 0 Å². The third kappa shape index (κ3) is 4.39. The van der Waals surface area contributed by atoms with Crippen LogP contribution in [0.5, 0.6) is 11.5 Å². The molecular formula is C18H27NO3. The first kappa shape index (κ1) is 16.7. The molecule has 0 saturated carbocycles. The molecule has 1 amide bonds. The summed E-state index contributed by atoms with van der Waals surface area (Å²) in [6, 6.07) is 5.48. The maximum Gasteiger partial charge on any atom is 0.253 e. The third-order valence-electron chi connectivity index (χ3n) is 4.06. The lowest BCUT2D eigenvalue weighted by atomic mass is 10.1. The van der Waals surface area contributed by atoms with Gasteiger partial charge in [-0.05, 0) is 37.5 Å². The van der Waals surface area contributed by atoms with Crippen LogP contribution in [0.15, 0.2) is 18.2 Å². The summed E-state index contributed by atoms with van der Waals surface area (Å²) < 4.78 is 11.2. The van der Waals surface area contributed by atoms with Crippen LogP contribution in [0.25, 0.3) is 0 Å². The van der Waals surface area contributed by atoms with E-state index in [4.69, 9.17) is 9.47 Å². The van der Waals surface area contributed by atoms with Gasteiger partial charge >= 0.3 is 0 Å². The van der Waals surface area contributed by atoms with Crippen molar-refractivity contribution in [3.63, 3.8) is 0 Å². The Labute approximate surface area is 133 Å². The molecule has 0 radical (unpaired) electrons. The zero-order chi connectivity index (χ0) is 15.8. The number of methoxy groups -OCH3 is 1. The average molecular weight is 305 g/mol. The van der Waals surface area contributed by atoms with Gasteiger partial charge in [0.05, 0.1) is 13.7 Å². The maximum atomic E-state index is 12.4. The number of unbranched alkanes of at least 4 members (excludes halogenated alkanes) is 3. The average Bonchev–Trinajstić information content (AvgIpc) is 3.08. The molecule has 1 saturated heterocycles. The molecule has 4 heteroatoms. The van der Waals surface area contributed by atoms with Gasteiger partial charge in [-0.3, -0.25) is 4.79 Å². The molecule has 1 heterocycles. The van der Waals surface area contributed by atoms with Crippen LogP contribution in [0.3, 0.4) is 0 Å². The minimum Gasteiger partial charge on any atom is -0.493 e. The number of carbonyl (C=O) groups excluding carboxylic acids is 1. The SMILES string of the molecule is CCCCCCOc1ccc(C(=O)N2CCCC2)cc1OC. The molecule has 22 heavy (non-hydrogen) atoms. The molecule has 0 bridgehead atoms. The van der Waals surface area contributed by atoms with Gasteiger partial charge in [-0.15, -0.1) is 0 Å². The van der Waals surface area contributed by atoms with Gasteiger partial charge < -0.3 is 14.4 Å². The standard InChI is InChI=1S/C18H27NO3/c1-3-4-5-8-13-22-16-10-9-15(14-17(16)21-2)18(20)19-11-6-7-12-19/h9-10,14H,3-8,11-13H2,1-2H3. The highest BCUT2D eigenvalue weighted by Crippen LogP contribution is 2.29. The van der Waals surface area contributed by atoms with E-state index in [9.17, 15) is 4.79 Å². The van der Waals surface area contributed by atoms with Gasteiger partial charge in [-0.25, -0.2) is 0 Å². The lowest BCUT2D eigenvalue weighted by Crippen LogP contribution is -2.27. The van der Waals surface area contributed by atoms with Crippen LogP contribution >= 0.6 is 0 Å². The summed E-state index contributed by atoms with van der Waals surface area (Å²) in [4.78, 5) is 14.3. The Kier molecular flexibility index (Phi) is 6.56. The van der Waals surface area contributed by atoms with Crippen molar-refractivity contribution < 1.29 is 14.3 Å². The molecule has 1 aromatic rings. The van der Waals surface area contributed by atoms with E-state index in [1.165, 1.54) is 19.3 Å². The highest BCUT2D eigenvalue weighted by atomic mass is 16.5. The summed E-state index contributed by atoms with van der Waals surface area (Å²) in [6.45, 7) is 4.60. The Morgan fingerprint density at radius 2 is 1.91 bits per heavy atom. The molecule has 1 fully saturated rings. The van der Waals surface area contributed by atoms with E-state index in [1.807, 2.05) is 17.0 Å². The van der Waals surface area contributed by atoms with E-state index in [2.05, 4.69) is 6.92 Å². The van der Waals surface area contributed by atoms with E-state index in [0.717, 1.165) is 38.1 Å². The van der Waals surface area contributed by atoms with Crippen LogP contribution in [-0.4, -0.2) is 37.6 Å². The molecule has 0 atom stereocenters. The Hall–Kier alpha value is -1.71. The van der Waals surface area contributed by atoms with Gasteiger partial charge in [-0.1, -0.05) is 26.2 Å². The van der Waals surface area contributed by atoms with Crippen LogP contribution in [0.4, 0.5) is 0 Å². The third-order valence-corrected chi connectivity index (χ3v) is 4.06. The number of ether oxygens (including phenoxy) is 2. The quantitative estimate of drug-likeness (QED) is 0.684. The number of hydrogen-bond acceptors (Lipinski definition) is 3. The topological polar surface area (TPSA) is 38.8 Å². The Morgan fingerprint density at radius 1 is 1.14 bits per heavy atom. The number of rotatable bonds is 8. The lowest BCUT2D eigenvalue weighted by Gasteiger charge is -2.17. The number of hydrogen-bond donors (Lipinski definition) is 0. The van der Waals surface area contributed by atoms with Crippen molar-refractivity contribution in [3.8, 4) is 11.5 Å². The predicted octanol–water partition coefficient (Wildman–Crippen LogP) is 3.89. The molecule has 0 unspecified atom stereocenters. The maximum absolute atomic E-state index is 12.4. The van der Waals surface area contributed by atoms with E-state index in [0.29, 0.717) is 17.9 Å². The van der Waals surface area contributed by atoms with Crippen molar-refractivity contribution >= 4 is 5.91 Å². The summed E-state index contributed by atoms with van der Waals surface area (Å²) in [5.74, 6) is 1.45. The largest absolute Gasteiger partial charge is 0.493 e. The molecule has 0 aromatic heterocycles. The van der Waals surface area contributed by atoms with Gasteiger partial charge in [0.1, 0.15) is 0 Å². The second-order valence-electron chi connectivity index (χ2n) is 5.77. The van der Waals surface area contributed by atoms with E-state index in [1.54, 1.807) is 13.2 Å². The Morgan fingerprint density at radius 3 is 2.59 bits per heavy atom. The minimum absolute atomic E-state index is 0.0882. The molecule has 122 valence electrons. The van der Waals surface area contributed by atoms with Gasteiger partial charge in [0.15, 0.2) is 11.5 Å².